The van der Waals surface area contributed by atoms with Crippen LogP contribution < -0.4 is 4.90 Å². The molecule has 0 atom stereocenters. The molecular formula is C55H33NO2. The summed E-state index contributed by atoms with van der Waals surface area (Å²) in [5.74, 6) is 0. The van der Waals surface area contributed by atoms with Crippen LogP contribution in [0, 0.1) is 0 Å². The zero-order valence-electron chi connectivity index (χ0n) is 31.3. The second kappa shape index (κ2) is 11.7. The van der Waals surface area contributed by atoms with E-state index < -0.39 is 5.41 Å². The van der Waals surface area contributed by atoms with Gasteiger partial charge in [-0.15, -0.1) is 0 Å². The molecule has 3 nitrogen and oxygen atoms in total. The molecule has 2 heterocycles. The van der Waals surface area contributed by atoms with E-state index in [1.54, 1.807) is 0 Å². The molecule has 0 N–H and O–H groups in total. The van der Waals surface area contributed by atoms with Gasteiger partial charge in [0.15, 0.2) is 0 Å². The maximum Gasteiger partial charge on any atom is 0.137 e. The first kappa shape index (κ1) is 31.6. The van der Waals surface area contributed by atoms with Crippen LogP contribution in [0.3, 0.4) is 0 Å². The minimum Gasteiger partial charge on any atom is -0.456 e. The molecule has 0 bridgehead atoms. The second-order valence-corrected chi connectivity index (χ2v) is 15.5. The van der Waals surface area contributed by atoms with Crippen LogP contribution in [0.5, 0.6) is 0 Å². The minimum atomic E-state index is -0.476. The molecule has 270 valence electrons. The van der Waals surface area contributed by atoms with Crippen molar-refractivity contribution in [2.75, 3.05) is 4.90 Å². The van der Waals surface area contributed by atoms with Crippen molar-refractivity contribution in [1.29, 1.82) is 0 Å². The molecule has 0 fully saturated rings. The number of anilines is 3. The van der Waals surface area contributed by atoms with Gasteiger partial charge in [-0.3, -0.25) is 0 Å². The summed E-state index contributed by atoms with van der Waals surface area (Å²) in [6, 6.07) is 72.6. The number of benzene rings is 9. The Labute approximate surface area is 334 Å². The van der Waals surface area contributed by atoms with Crippen molar-refractivity contribution in [2.45, 2.75) is 5.41 Å². The van der Waals surface area contributed by atoms with Gasteiger partial charge in [0, 0.05) is 27.4 Å². The number of para-hydroxylation sites is 3. The van der Waals surface area contributed by atoms with Crippen LogP contribution in [0.15, 0.2) is 209 Å². The third-order valence-electron chi connectivity index (χ3n) is 12.7. The van der Waals surface area contributed by atoms with Crippen molar-refractivity contribution < 1.29 is 8.83 Å². The van der Waals surface area contributed by atoms with Crippen LogP contribution in [0.2, 0.25) is 0 Å². The average molecular weight is 740 g/mol. The largest absolute Gasteiger partial charge is 0.456 e. The number of fused-ring (bicyclic) bond motifs is 16. The smallest absolute Gasteiger partial charge is 0.137 e. The van der Waals surface area contributed by atoms with Gasteiger partial charge in [0.25, 0.3) is 0 Å². The molecule has 0 aliphatic heterocycles. The van der Waals surface area contributed by atoms with Crippen LogP contribution in [0.25, 0.3) is 77.3 Å². The third kappa shape index (κ3) is 4.07. The second-order valence-electron chi connectivity index (χ2n) is 15.5. The van der Waals surface area contributed by atoms with Crippen molar-refractivity contribution in [3.8, 4) is 33.4 Å². The summed E-state index contributed by atoms with van der Waals surface area (Å²) in [5, 5.41) is 4.38. The lowest BCUT2D eigenvalue weighted by Gasteiger charge is -2.33. The fourth-order valence-corrected chi connectivity index (χ4v) is 10.5. The molecule has 0 saturated carbocycles. The van der Waals surface area contributed by atoms with Crippen molar-refractivity contribution in [3.05, 3.63) is 222 Å². The van der Waals surface area contributed by atoms with Gasteiger partial charge >= 0.3 is 0 Å². The topological polar surface area (TPSA) is 29.5 Å². The van der Waals surface area contributed by atoms with Gasteiger partial charge in [-0.2, -0.15) is 0 Å². The zero-order chi connectivity index (χ0) is 38.0. The van der Waals surface area contributed by atoms with Crippen LogP contribution in [0.4, 0.5) is 17.1 Å². The summed E-state index contributed by atoms with van der Waals surface area (Å²) in [4.78, 5) is 2.46. The monoisotopic (exact) mass is 739 g/mol. The molecular weight excluding hydrogens is 707 g/mol. The summed E-state index contributed by atoms with van der Waals surface area (Å²) >= 11 is 0. The highest BCUT2D eigenvalue weighted by molar-refractivity contribution is 6.16. The standard InChI is InChI=1S/C55H33NO2/c1-7-22-43-35(15-1)36-16-2-8-23-44(36)55(43)45-24-9-3-17-37(45)38-32-31-34(33-46(38)55)56(48-26-14-30-52-54(48)42-20-6-12-28-50(42)58-52)47-25-10-4-18-39(47)40-21-13-29-51-53(40)41-19-5-11-27-49(41)57-51/h1-33H. The Balaban J connectivity index is 1.14. The van der Waals surface area contributed by atoms with Crippen molar-refractivity contribution in [2.24, 2.45) is 0 Å². The van der Waals surface area contributed by atoms with Crippen molar-refractivity contribution in [1.82, 2.24) is 0 Å². The van der Waals surface area contributed by atoms with E-state index in [1.165, 1.54) is 44.5 Å². The Kier molecular flexibility index (Phi) is 6.37. The molecule has 11 aromatic rings. The van der Waals surface area contributed by atoms with Gasteiger partial charge in [-0.1, -0.05) is 152 Å². The van der Waals surface area contributed by atoms with Crippen molar-refractivity contribution in [3.63, 3.8) is 0 Å². The van der Waals surface area contributed by atoms with Gasteiger partial charge in [0.1, 0.15) is 22.3 Å². The molecule has 3 heteroatoms. The van der Waals surface area contributed by atoms with Gasteiger partial charge < -0.3 is 13.7 Å². The summed E-state index contributed by atoms with van der Waals surface area (Å²) in [7, 11) is 0. The Morgan fingerprint density at radius 2 is 0.759 bits per heavy atom. The van der Waals surface area contributed by atoms with E-state index in [0.29, 0.717) is 0 Å². The predicted octanol–water partition coefficient (Wildman–Crippen LogP) is 15.0. The van der Waals surface area contributed by atoms with E-state index in [1.807, 2.05) is 12.1 Å². The van der Waals surface area contributed by atoms with E-state index in [9.17, 15) is 0 Å². The van der Waals surface area contributed by atoms with Gasteiger partial charge in [0.05, 0.1) is 22.2 Å². The molecule has 13 rings (SSSR count). The fraction of sp³-hybridized carbons (Fsp3) is 0.0182. The number of hydrogen-bond acceptors (Lipinski definition) is 3. The molecule has 0 amide bonds. The molecule has 0 saturated heterocycles. The number of furan rings is 2. The first-order valence-corrected chi connectivity index (χ1v) is 19.9. The SMILES string of the molecule is c1ccc(N(c2ccc3c(c2)C2(c4ccccc4-c4ccccc42)c2ccccc2-3)c2cccc3oc4ccccc4c23)c(-c2cccc3oc4ccccc4c23)c1. The van der Waals surface area contributed by atoms with E-state index >= 15 is 0 Å². The highest BCUT2D eigenvalue weighted by atomic mass is 16.3. The molecule has 9 aromatic carbocycles. The number of rotatable bonds is 4. The Bertz CT molecular complexity index is 3430. The van der Waals surface area contributed by atoms with Crippen molar-refractivity contribution >= 4 is 60.9 Å². The maximum absolute atomic E-state index is 6.56. The van der Waals surface area contributed by atoms with Gasteiger partial charge in [-0.25, -0.2) is 0 Å². The van der Waals surface area contributed by atoms with Crippen LogP contribution >= 0.6 is 0 Å². The minimum absolute atomic E-state index is 0.476. The lowest BCUT2D eigenvalue weighted by molar-refractivity contribution is 0.668. The first-order chi connectivity index (χ1) is 28.8. The summed E-state index contributed by atoms with van der Waals surface area (Å²) in [5.41, 5.74) is 18.8. The Morgan fingerprint density at radius 1 is 0.310 bits per heavy atom. The molecule has 0 radical (unpaired) electrons. The Morgan fingerprint density at radius 3 is 1.41 bits per heavy atom. The average Bonchev–Trinajstić information content (AvgIpc) is 4.02. The fourth-order valence-electron chi connectivity index (χ4n) is 10.5. The first-order valence-electron chi connectivity index (χ1n) is 19.9. The molecule has 1 spiro atoms. The lowest BCUT2D eigenvalue weighted by Crippen LogP contribution is -2.26. The number of nitrogens with zero attached hydrogens (tertiary/aromatic N) is 1. The van der Waals surface area contributed by atoms with Crippen LogP contribution in [-0.2, 0) is 5.41 Å². The molecule has 0 unspecified atom stereocenters. The quantitative estimate of drug-likeness (QED) is 0.180. The Hall–Kier alpha value is -7.62. The van der Waals surface area contributed by atoms with E-state index in [4.69, 9.17) is 8.83 Å². The summed E-state index contributed by atoms with van der Waals surface area (Å²) in [6.45, 7) is 0. The summed E-state index contributed by atoms with van der Waals surface area (Å²) < 4.78 is 13.0. The lowest BCUT2D eigenvalue weighted by atomic mass is 9.70. The maximum atomic E-state index is 6.56. The molecule has 2 aliphatic carbocycles. The number of hydrogen-bond donors (Lipinski definition) is 0. The highest BCUT2D eigenvalue weighted by Crippen LogP contribution is 2.63. The summed E-state index contributed by atoms with van der Waals surface area (Å²) in [6.07, 6.45) is 0. The van der Waals surface area contributed by atoms with Gasteiger partial charge in [0.2, 0.25) is 0 Å². The normalized spacial score (nSPS) is 13.3. The predicted molar refractivity (Wildman–Crippen MR) is 237 cm³/mol. The van der Waals surface area contributed by atoms with Crippen LogP contribution in [0.1, 0.15) is 22.3 Å². The highest BCUT2D eigenvalue weighted by Gasteiger charge is 2.51. The molecule has 2 aromatic heterocycles. The molecule has 2 aliphatic rings. The van der Waals surface area contributed by atoms with E-state index in [2.05, 4.69) is 193 Å². The third-order valence-corrected chi connectivity index (χ3v) is 12.7. The van der Waals surface area contributed by atoms with Gasteiger partial charge in [-0.05, 0) is 98.6 Å². The molecule has 58 heavy (non-hydrogen) atoms. The van der Waals surface area contributed by atoms with E-state index in [0.717, 1.165) is 72.1 Å². The van der Waals surface area contributed by atoms with E-state index in [-0.39, 0.29) is 0 Å². The zero-order valence-corrected chi connectivity index (χ0v) is 31.3. The van der Waals surface area contributed by atoms with Crippen LogP contribution in [-0.4, -0.2) is 0 Å².